The molecule has 0 heterocycles. The Morgan fingerprint density at radius 3 is 1.97 bits per heavy atom. The second-order valence-corrected chi connectivity index (χ2v) is 9.66. The summed E-state index contributed by atoms with van der Waals surface area (Å²) in [5, 5.41) is 3.76. The van der Waals surface area contributed by atoms with Gasteiger partial charge in [-0.05, 0) is 60.9 Å². The topological polar surface area (TPSA) is 89.9 Å². The van der Waals surface area contributed by atoms with Crippen molar-refractivity contribution in [3.63, 3.8) is 0 Å². The number of hydrogen-bond donors (Lipinski definition) is 0. The van der Waals surface area contributed by atoms with Crippen molar-refractivity contribution in [2.45, 2.75) is 42.9 Å². The number of unbranched alkanes of at least 4 members (excludes halogenated alkanes) is 1. The minimum atomic E-state index is -0.567. The van der Waals surface area contributed by atoms with Gasteiger partial charge in [0, 0.05) is 33.4 Å². The summed E-state index contributed by atoms with van der Waals surface area (Å²) < 4.78 is 0. The van der Waals surface area contributed by atoms with Crippen LogP contribution in [0, 0.1) is 0 Å². The third-order valence-corrected chi connectivity index (χ3v) is 6.78. The van der Waals surface area contributed by atoms with Gasteiger partial charge in [0.1, 0.15) is 5.71 Å². The minimum Gasteiger partial charge on any atom is -0.318 e. The maximum Gasteiger partial charge on any atom is 0.331 e. The third-order valence-electron chi connectivity index (χ3n) is 5.76. The molecule has 0 fully saturated rings. The van der Waals surface area contributed by atoms with Gasteiger partial charge in [0.05, 0.1) is 5.57 Å². The highest BCUT2D eigenvalue weighted by atomic mass is 32.2. The first kappa shape index (κ1) is 26.0. The largest absolute Gasteiger partial charge is 0.331 e. The van der Waals surface area contributed by atoms with E-state index in [0.717, 1.165) is 28.2 Å². The molecular formula is C30H25NO5S. The predicted octanol–water partition coefficient (Wildman–Crippen LogP) is 6.59. The van der Waals surface area contributed by atoms with E-state index in [4.69, 9.17) is 4.84 Å². The summed E-state index contributed by atoms with van der Waals surface area (Å²) in [5.74, 6) is -1.32. The van der Waals surface area contributed by atoms with Gasteiger partial charge in [0.15, 0.2) is 11.6 Å². The summed E-state index contributed by atoms with van der Waals surface area (Å²) in [6.07, 6.45) is 3.72. The molecule has 186 valence electrons. The third kappa shape index (κ3) is 6.19. The van der Waals surface area contributed by atoms with E-state index in [1.54, 1.807) is 42.5 Å². The number of oxime groups is 1. The van der Waals surface area contributed by atoms with Crippen LogP contribution in [0.25, 0.3) is 6.08 Å². The molecule has 3 aromatic rings. The van der Waals surface area contributed by atoms with Gasteiger partial charge in [0.25, 0.3) is 0 Å². The van der Waals surface area contributed by atoms with E-state index in [2.05, 4.69) is 5.16 Å². The fraction of sp³-hybridized carbons (Fsp3) is 0.167. The second kappa shape index (κ2) is 11.8. The molecular weight excluding hydrogens is 486 g/mol. The molecule has 0 saturated heterocycles. The molecule has 0 N–H and O–H groups in total. The molecule has 0 bridgehead atoms. The summed E-state index contributed by atoms with van der Waals surface area (Å²) in [6.45, 7) is 3.25. The molecule has 0 aliphatic heterocycles. The van der Waals surface area contributed by atoms with Crippen LogP contribution < -0.4 is 0 Å². The number of Topliss-reactive ketones (excluding diaryl/α,β-unsaturated/α-hetero) is 3. The quantitative estimate of drug-likeness (QED) is 0.0804. The zero-order chi connectivity index (χ0) is 26.4. The highest BCUT2D eigenvalue weighted by molar-refractivity contribution is 7.99. The van der Waals surface area contributed by atoms with Crippen molar-refractivity contribution >= 4 is 46.9 Å². The van der Waals surface area contributed by atoms with Crippen LogP contribution in [-0.4, -0.2) is 29.0 Å². The number of hydrogen-bond acceptors (Lipinski definition) is 7. The Morgan fingerprint density at radius 1 is 0.865 bits per heavy atom. The number of benzene rings is 3. The monoisotopic (exact) mass is 511 g/mol. The first-order chi connectivity index (χ1) is 17.9. The second-order valence-electron chi connectivity index (χ2n) is 8.51. The standard InChI is InChI=1S/C30H25NO5S/c1-3-4-9-27(31-36-19(2)32)28(33)21-12-16-23(17-13-21)37-22-14-10-20(11-15-22)18-26-29(34)24-7-5-6-8-25(24)30(26)35/h5-8,10-18H,3-4,9H2,1-2H3. The highest BCUT2D eigenvalue weighted by Gasteiger charge is 2.32. The Balaban J connectivity index is 1.43. The number of fused-ring (bicyclic) bond motifs is 1. The van der Waals surface area contributed by atoms with Crippen LogP contribution >= 0.6 is 11.8 Å². The maximum atomic E-state index is 12.8. The molecule has 4 rings (SSSR count). The smallest absolute Gasteiger partial charge is 0.318 e. The van der Waals surface area contributed by atoms with Crippen molar-refractivity contribution in [1.82, 2.24) is 0 Å². The lowest BCUT2D eigenvalue weighted by molar-refractivity contribution is -0.140. The van der Waals surface area contributed by atoms with Gasteiger partial charge in [-0.15, -0.1) is 0 Å². The lowest BCUT2D eigenvalue weighted by atomic mass is 10.0. The van der Waals surface area contributed by atoms with Crippen molar-refractivity contribution in [2.75, 3.05) is 0 Å². The molecule has 6 nitrogen and oxygen atoms in total. The zero-order valence-electron chi connectivity index (χ0n) is 20.5. The van der Waals surface area contributed by atoms with E-state index in [-0.39, 0.29) is 28.6 Å². The number of carbonyl (C=O) groups is 4. The molecule has 37 heavy (non-hydrogen) atoms. The van der Waals surface area contributed by atoms with Crippen LogP contribution in [0.4, 0.5) is 0 Å². The molecule has 0 saturated carbocycles. The minimum absolute atomic E-state index is 0.178. The molecule has 0 radical (unpaired) electrons. The van der Waals surface area contributed by atoms with Crippen LogP contribution in [-0.2, 0) is 9.63 Å². The first-order valence-electron chi connectivity index (χ1n) is 11.9. The first-order valence-corrected chi connectivity index (χ1v) is 12.8. The molecule has 0 unspecified atom stereocenters. The molecule has 0 spiro atoms. The summed E-state index contributed by atoms with van der Waals surface area (Å²) in [6, 6.07) is 21.6. The van der Waals surface area contributed by atoms with Crippen molar-refractivity contribution in [3.05, 3.63) is 101 Å². The summed E-state index contributed by atoms with van der Waals surface area (Å²) >= 11 is 1.52. The van der Waals surface area contributed by atoms with Crippen LogP contribution in [0.2, 0.25) is 0 Å². The van der Waals surface area contributed by atoms with Gasteiger partial charge in [-0.2, -0.15) is 0 Å². The van der Waals surface area contributed by atoms with Crippen molar-refractivity contribution < 1.29 is 24.0 Å². The van der Waals surface area contributed by atoms with E-state index >= 15 is 0 Å². The Hall–Kier alpha value is -4.10. The van der Waals surface area contributed by atoms with E-state index in [0.29, 0.717) is 23.1 Å². The van der Waals surface area contributed by atoms with Crippen molar-refractivity contribution in [2.24, 2.45) is 5.16 Å². The lowest BCUT2D eigenvalue weighted by Gasteiger charge is -2.07. The Kier molecular flexibility index (Phi) is 8.25. The number of allylic oxidation sites excluding steroid dienone is 1. The molecule has 1 aliphatic carbocycles. The zero-order valence-corrected chi connectivity index (χ0v) is 21.3. The molecule has 3 aromatic carbocycles. The molecule has 0 amide bonds. The normalized spacial score (nSPS) is 12.9. The fourth-order valence-corrected chi connectivity index (χ4v) is 4.66. The highest BCUT2D eigenvalue weighted by Crippen LogP contribution is 2.30. The van der Waals surface area contributed by atoms with Crippen molar-refractivity contribution in [1.29, 1.82) is 0 Å². The fourth-order valence-electron chi connectivity index (χ4n) is 3.84. The predicted molar refractivity (Wildman–Crippen MR) is 143 cm³/mol. The Morgan fingerprint density at radius 2 is 1.43 bits per heavy atom. The lowest BCUT2D eigenvalue weighted by Crippen LogP contribution is -2.15. The Labute approximate surface area is 219 Å². The van der Waals surface area contributed by atoms with E-state index in [1.165, 1.54) is 18.7 Å². The van der Waals surface area contributed by atoms with Crippen molar-refractivity contribution in [3.8, 4) is 0 Å². The Bertz CT molecular complexity index is 1380. The average Bonchev–Trinajstić information content (AvgIpc) is 3.14. The molecule has 0 aromatic heterocycles. The van der Waals surface area contributed by atoms with E-state index in [9.17, 15) is 19.2 Å². The van der Waals surface area contributed by atoms with E-state index < -0.39 is 5.97 Å². The van der Waals surface area contributed by atoms with Crippen LogP contribution in [0.15, 0.2) is 93.3 Å². The van der Waals surface area contributed by atoms with Gasteiger partial charge in [0.2, 0.25) is 5.78 Å². The molecule has 7 heteroatoms. The van der Waals surface area contributed by atoms with Gasteiger partial charge >= 0.3 is 5.97 Å². The van der Waals surface area contributed by atoms with Gasteiger partial charge in [-0.25, -0.2) is 4.79 Å². The molecule has 1 aliphatic rings. The number of ketones is 3. The SMILES string of the molecule is CCCCC(=NOC(C)=O)C(=O)c1ccc(Sc2ccc(C=C3C(=O)c4ccccc4C3=O)cc2)cc1. The van der Waals surface area contributed by atoms with Crippen LogP contribution in [0.5, 0.6) is 0 Å². The van der Waals surface area contributed by atoms with E-state index in [1.807, 2.05) is 43.3 Å². The number of carbonyl (C=O) groups excluding carboxylic acids is 4. The number of rotatable bonds is 9. The molecule has 0 atom stereocenters. The summed E-state index contributed by atoms with van der Waals surface area (Å²) in [7, 11) is 0. The van der Waals surface area contributed by atoms with Crippen LogP contribution in [0.1, 0.15) is 69.7 Å². The van der Waals surface area contributed by atoms with Crippen LogP contribution in [0.3, 0.4) is 0 Å². The van der Waals surface area contributed by atoms with Gasteiger partial charge in [-0.3, -0.25) is 14.4 Å². The average molecular weight is 512 g/mol. The van der Waals surface area contributed by atoms with Gasteiger partial charge in [-0.1, -0.05) is 66.7 Å². The van der Waals surface area contributed by atoms with Gasteiger partial charge < -0.3 is 4.84 Å². The summed E-state index contributed by atoms with van der Waals surface area (Å²) in [4.78, 5) is 55.8. The maximum absolute atomic E-state index is 12.8. The summed E-state index contributed by atoms with van der Waals surface area (Å²) in [5.41, 5.74) is 2.54. The number of nitrogens with zero attached hydrogens (tertiary/aromatic N) is 1.